The summed E-state index contributed by atoms with van der Waals surface area (Å²) >= 11 is 0. The fourth-order valence-corrected chi connectivity index (χ4v) is 2.31. The Labute approximate surface area is 142 Å². The molecule has 0 saturated carbocycles. The molecule has 2 amide bonds. The molecular weight excluding hydrogens is 308 g/mol. The predicted octanol–water partition coefficient (Wildman–Crippen LogP) is -0.657. The fourth-order valence-electron chi connectivity index (χ4n) is 2.31. The molecule has 1 aromatic carbocycles. The van der Waals surface area contributed by atoms with E-state index >= 15 is 0 Å². The summed E-state index contributed by atoms with van der Waals surface area (Å²) in [5, 5.41) is 5.09. The Balaban J connectivity index is 2.53. The largest absolute Gasteiger partial charge is 0.347 e. The van der Waals surface area contributed by atoms with Crippen molar-refractivity contribution in [1.82, 2.24) is 10.6 Å². The van der Waals surface area contributed by atoms with Gasteiger partial charge in [0.05, 0.1) is 12.6 Å². The molecule has 0 fully saturated rings. The number of carbonyl (C=O) groups excluding carboxylic acids is 3. The molecule has 132 valence electrons. The third kappa shape index (κ3) is 6.89. The first kappa shape index (κ1) is 19.8. The van der Waals surface area contributed by atoms with E-state index in [4.69, 9.17) is 11.5 Å². The van der Waals surface area contributed by atoms with Crippen LogP contribution in [0.1, 0.15) is 18.9 Å². The number of carbonyl (C=O) groups is 3. The summed E-state index contributed by atoms with van der Waals surface area (Å²) < 4.78 is 0. The molecule has 24 heavy (non-hydrogen) atoms. The molecule has 0 spiro atoms. The number of nitrogens with two attached hydrogens (primary N) is 2. The van der Waals surface area contributed by atoms with E-state index < -0.39 is 11.9 Å². The third-order valence-corrected chi connectivity index (χ3v) is 3.70. The Kier molecular flexibility index (Phi) is 8.67. The van der Waals surface area contributed by atoms with Crippen molar-refractivity contribution in [3.8, 4) is 0 Å². The maximum Gasteiger partial charge on any atom is 0.240 e. The van der Waals surface area contributed by atoms with Crippen molar-refractivity contribution in [2.75, 3.05) is 19.6 Å². The second-order valence-corrected chi connectivity index (χ2v) is 5.65. The van der Waals surface area contributed by atoms with Crippen LogP contribution in [0.25, 0.3) is 0 Å². The van der Waals surface area contributed by atoms with Crippen LogP contribution in [-0.2, 0) is 20.8 Å². The minimum atomic E-state index is -0.724. The summed E-state index contributed by atoms with van der Waals surface area (Å²) in [6, 6.07) is 8.90. The monoisotopic (exact) mass is 334 g/mol. The van der Waals surface area contributed by atoms with Gasteiger partial charge in [0.15, 0.2) is 5.78 Å². The molecule has 2 unspecified atom stereocenters. The van der Waals surface area contributed by atoms with E-state index in [0.717, 1.165) is 5.56 Å². The van der Waals surface area contributed by atoms with Crippen LogP contribution in [0.3, 0.4) is 0 Å². The average molecular weight is 334 g/mol. The van der Waals surface area contributed by atoms with E-state index in [0.29, 0.717) is 19.4 Å². The lowest BCUT2D eigenvalue weighted by Gasteiger charge is -2.17. The number of nitrogens with one attached hydrogen (secondary N) is 2. The zero-order valence-corrected chi connectivity index (χ0v) is 14.0. The summed E-state index contributed by atoms with van der Waals surface area (Å²) in [5.74, 6) is -1.20. The lowest BCUT2D eigenvalue weighted by atomic mass is 9.95. The number of amides is 2. The summed E-state index contributed by atoms with van der Waals surface area (Å²) in [4.78, 5) is 35.3. The molecule has 0 heterocycles. The van der Waals surface area contributed by atoms with Gasteiger partial charge in [-0.3, -0.25) is 14.4 Å². The first-order chi connectivity index (χ1) is 11.5. The molecule has 0 saturated heterocycles. The van der Waals surface area contributed by atoms with Crippen LogP contribution >= 0.6 is 0 Å². The van der Waals surface area contributed by atoms with Gasteiger partial charge in [0.2, 0.25) is 11.8 Å². The Hall–Kier alpha value is -2.25. The summed E-state index contributed by atoms with van der Waals surface area (Å²) in [5.41, 5.74) is 12.0. The standard InChI is InChI=1S/C17H26N4O3/c1-12(22)15(10-19)21-16(23)11-20-17(24)14(7-8-18)9-13-5-3-2-4-6-13/h2-6,14-15H,7-11,18-19H2,1H3,(H,20,24)(H,21,23). The SMILES string of the molecule is CC(=O)C(CN)NC(=O)CNC(=O)C(CCN)Cc1ccccc1. The zero-order valence-electron chi connectivity index (χ0n) is 14.0. The molecule has 0 aliphatic heterocycles. The van der Waals surface area contributed by atoms with Gasteiger partial charge in [-0.1, -0.05) is 30.3 Å². The predicted molar refractivity (Wildman–Crippen MR) is 92.0 cm³/mol. The molecule has 1 rings (SSSR count). The van der Waals surface area contributed by atoms with Gasteiger partial charge < -0.3 is 22.1 Å². The Morgan fingerprint density at radius 1 is 1.12 bits per heavy atom. The van der Waals surface area contributed by atoms with Crippen LogP contribution in [0.5, 0.6) is 0 Å². The smallest absolute Gasteiger partial charge is 0.240 e. The molecule has 1 aromatic rings. The van der Waals surface area contributed by atoms with Crippen molar-refractivity contribution < 1.29 is 14.4 Å². The Bertz CT molecular complexity index is 548. The van der Waals surface area contributed by atoms with Gasteiger partial charge in [0.1, 0.15) is 0 Å². The zero-order chi connectivity index (χ0) is 17.9. The molecule has 0 bridgehead atoms. The minimum Gasteiger partial charge on any atom is -0.347 e. The van der Waals surface area contributed by atoms with E-state index in [2.05, 4.69) is 10.6 Å². The second kappa shape index (κ2) is 10.5. The number of hydrogen-bond donors (Lipinski definition) is 4. The van der Waals surface area contributed by atoms with Crippen LogP contribution < -0.4 is 22.1 Å². The lowest BCUT2D eigenvalue weighted by Crippen LogP contribution is -2.49. The first-order valence-electron chi connectivity index (χ1n) is 7.99. The van der Waals surface area contributed by atoms with Crippen molar-refractivity contribution in [3.63, 3.8) is 0 Å². The van der Waals surface area contributed by atoms with Crippen molar-refractivity contribution in [3.05, 3.63) is 35.9 Å². The normalized spacial score (nSPS) is 13.0. The van der Waals surface area contributed by atoms with Gasteiger partial charge in [0.25, 0.3) is 0 Å². The molecule has 0 aliphatic carbocycles. The van der Waals surface area contributed by atoms with Crippen LogP contribution in [-0.4, -0.2) is 43.3 Å². The maximum atomic E-state index is 12.3. The van der Waals surface area contributed by atoms with Gasteiger partial charge >= 0.3 is 0 Å². The van der Waals surface area contributed by atoms with Crippen molar-refractivity contribution in [2.24, 2.45) is 17.4 Å². The minimum absolute atomic E-state index is 0.0266. The Morgan fingerprint density at radius 2 is 1.79 bits per heavy atom. The van der Waals surface area contributed by atoms with Crippen molar-refractivity contribution >= 4 is 17.6 Å². The molecule has 0 aliphatic rings. The van der Waals surface area contributed by atoms with Gasteiger partial charge in [-0.15, -0.1) is 0 Å². The number of rotatable bonds is 10. The number of ketones is 1. The Morgan fingerprint density at radius 3 is 2.33 bits per heavy atom. The van der Waals surface area contributed by atoms with E-state index in [1.165, 1.54) is 6.92 Å². The number of Topliss-reactive ketones (excluding diaryl/α,β-unsaturated/α-hetero) is 1. The highest BCUT2D eigenvalue weighted by molar-refractivity contribution is 5.90. The fraction of sp³-hybridized carbons (Fsp3) is 0.471. The quantitative estimate of drug-likeness (QED) is 0.452. The lowest BCUT2D eigenvalue weighted by molar-refractivity contribution is -0.129. The van der Waals surface area contributed by atoms with Gasteiger partial charge in [-0.2, -0.15) is 0 Å². The highest BCUT2D eigenvalue weighted by atomic mass is 16.2. The van der Waals surface area contributed by atoms with Gasteiger partial charge in [-0.25, -0.2) is 0 Å². The van der Waals surface area contributed by atoms with Crippen molar-refractivity contribution in [1.29, 1.82) is 0 Å². The summed E-state index contributed by atoms with van der Waals surface area (Å²) in [6.45, 7) is 1.57. The maximum absolute atomic E-state index is 12.3. The molecule has 7 heteroatoms. The van der Waals surface area contributed by atoms with E-state index in [1.54, 1.807) is 0 Å². The van der Waals surface area contributed by atoms with E-state index in [-0.39, 0.29) is 30.7 Å². The molecule has 0 radical (unpaired) electrons. The van der Waals surface area contributed by atoms with Gasteiger partial charge in [0, 0.05) is 12.5 Å². The molecule has 7 nitrogen and oxygen atoms in total. The van der Waals surface area contributed by atoms with Crippen molar-refractivity contribution in [2.45, 2.75) is 25.8 Å². The highest BCUT2D eigenvalue weighted by Crippen LogP contribution is 2.12. The second-order valence-electron chi connectivity index (χ2n) is 5.65. The van der Waals surface area contributed by atoms with E-state index in [9.17, 15) is 14.4 Å². The van der Waals surface area contributed by atoms with Crippen LogP contribution in [0.15, 0.2) is 30.3 Å². The van der Waals surface area contributed by atoms with Crippen LogP contribution in [0.2, 0.25) is 0 Å². The topological polar surface area (TPSA) is 127 Å². The number of hydrogen-bond acceptors (Lipinski definition) is 5. The first-order valence-corrected chi connectivity index (χ1v) is 7.99. The number of benzene rings is 1. The summed E-state index contributed by atoms with van der Waals surface area (Å²) in [6.07, 6.45) is 1.09. The molecule has 6 N–H and O–H groups in total. The molecular formula is C17H26N4O3. The van der Waals surface area contributed by atoms with Crippen LogP contribution in [0, 0.1) is 5.92 Å². The van der Waals surface area contributed by atoms with Crippen LogP contribution in [0.4, 0.5) is 0 Å². The average Bonchev–Trinajstić information content (AvgIpc) is 2.57. The van der Waals surface area contributed by atoms with E-state index in [1.807, 2.05) is 30.3 Å². The molecule has 0 aromatic heterocycles. The van der Waals surface area contributed by atoms with Gasteiger partial charge in [-0.05, 0) is 31.9 Å². The third-order valence-electron chi connectivity index (χ3n) is 3.70. The molecule has 2 atom stereocenters. The highest BCUT2D eigenvalue weighted by Gasteiger charge is 2.20. The summed E-state index contributed by atoms with van der Waals surface area (Å²) in [7, 11) is 0.